The van der Waals surface area contributed by atoms with Gasteiger partial charge in [0.15, 0.2) is 0 Å². The zero-order valence-electron chi connectivity index (χ0n) is 12.0. The van der Waals surface area contributed by atoms with Crippen molar-refractivity contribution < 1.29 is 4.79 Å². The van der Waals surface area contributed by atoms with Gasteiger partial charge in [-0.1, -0.05) is 22.9 Å². The summed E-state index contributed by atoms with van der Waals surface area (Å²) in [6.07, 6.45) is 2.90. The second-order valence-electron chi connectivity index (χ2n) is 4.68. The number of carbonyl (C=O) groups excluding carboxylic acids is 1. The van der Waals surface area contributed by atoms with E-state index in [0.29, 0.717) is 0 Å². The molecule has 4 nitrogen and oxygen atoms in total. The van der Waals surface area contributed by atoms with Gasteiger partial charge in [0.05, 0.1) is 12.6 Å². The first-order valence-corrected chi connectivity index (χ1v) is 8.43. The first-order valence-electron chi connectivity index (χ1n) is 6.82. The molecule has 2 rings (SSSR count). The van der Waals surface area contributed by atoms with Crippen molar-refractivity contribution in [2.24, 2.45) is 0 Å². The molecule has 0 aliphatic heterocycles. The summed E-state index contributed by atoms with van der Waals surface area (Å²) in [6, 6.07) is 7.59. The van der Waals surface area contributed by atoms with Gasteiger partial charge in [0, 0.05) is 21.2 Å². The molecule has 1 aromatic heterocycles. The Morgan fingerprint density at radius 1 is 1.38 bits per heavy atom. The number of nitrogens with one attached hydrogen (secondary N) is 2. The number of rotatable bonds is 6. The predicted molar refractivity (Wildman–Crippen MR) is 90.7 cm³/mol. The number of aryl methyl sites for hydroxylation is 1. The number of thiazole rings is 1. The molecule has 1 amide bonds. The van der Waals surface area contributed by atoms with Gasteiger partial charge in [-0.15, -0.1) is 11.3 Å². The molecule has 1 unspecified atom stereocenters. The van der Waals surface area contributed by atoms with E-state index in [0.717, 1.165) is 21.6 Å². The lowest BCUT2D eigenvalue weighted by Gasteiger charge is -2.11. The van der Waals surface area contributed by atoms with Crippen LogP contribution in [-0.4, -0.2) is 17.4 Å². The first-order chi connectivity index (χ1) is 10.1. The summed E-state index contributed by atoms with van der Waals surface area (Å²) in [4.78, 5) is 17.5. The number of nitrogens with zero attached hydrogens (tertiary/aromatic N) is 1. The van der Waals surface area contributed by atoms with Crippen LogP contribution in [0.4, 0.5) is 5.69 Å². The number of halogens is 1. The van der Waals surface area contributed by atoms with Crippen molar-refractivity contribution in [3.63, 3.8) is 0 Å². The second kappa shape index (κ2) is 7.68. The number of benzene rings is 1. The molecule has 0 bridgehead atoms. The molecule has 0 saturated heterocycles. The quantitative estimate of drug-likeness (QED) is 0.817. The zero-order chi connectivity index (χ0) is 15.2. The summed E-state index contributed by atoms with van der Waals surface area (Å²) in [6.45, 7) is 4.39. The van der Waals surface area contributed by atoms with Crippen LogP contribution in [0.1, 0.15) is 29.8 Å². The van der Waals surface area contributed by atoms with E-state index in [1.807, 2.05) is 37.4 Å². The Hall–Kier alpha value is -1.24. The van der Waals surface area contributed by atoms with Crippen LogP contribution in [-0.2, 0) is 11.2 Å². The topological polar surface area (TPSA) is 54.0 Å². The minimum Gasteiger partial charge on any atom is -0.325 e. The third-order valence-electron chi connectivity index (χ3n) is 2.99. The summed E-state index contributed by atoms with van der Waals surface area (Å²) in [5.74, 6) is -0.0588. The third-order valence-corrected chi connectivity index (χ3v) is 4.84. The van der Waals surface area contributed by atoms with Crippen LogP contribution in [0.15, 0.2) is 34.9 Å². The minimum absolute atomic E-state index is 0.0588. The molecule has 0 aliphatic rings. The van der Waals surface area contributed by atoms with Crippen molar-refractivity contribution in [2.75, 3.05) is 11.9 Å². The van der Waals surface area contributed by atoms with E-state index in [4.69, 9.17) is 0 Å². The molecule has 0 aliphatic carbocycles. The van der Waals surface area contributed by atoms with E-state index in [-0.39, 0.29) is 18.5 Å². The van der Waals surface area contributed by atoms with Gasteiger partial charge in [-0.2, -0.15) is 0 Å². The number of anilines is 1. The Labute approximate surface area is 137 Å². The fourth-order valence-electron chi connectivity index (χ4n) is 1.76. The number of amides is 1. The highest BCUT2D eigenvalue weighted by Crippen LogP contribution is 2.20. The van der Waals surface area contributed by atoms with Crippen LogP contribution in [0.3, 0.4) is 0 Å². The summed E-state index contributed by atoms with van der Waals surface area (Å²) in [5.41, 5.74) is 0.792. The summed E-state index contributed by atoms with van der Waals surface area (Å²) in [7, 11) is 0. The van der Waals surface area contributed by atoms with Gasteiger partial charge in [0.25, 0.3) is 0 Å². The number of carbonyl (C=O) groups is 1. The summed E-state index contributed by atoms with van der Waals surface area (Å²) in [5, 5.41) is 7.06. The molecule has 0 spiro atoms. The van der Waals surface area contributed by atoms with Crippen LogP contribution in [0.5, 0.6) is 0 Å². The van der Waals surface area contributed by atoms with Gasteiger partial charge >= 0.3 is 0 Å². The van der Waals surface area contributed by atoms with Crippen molar-refractivity contribution in [1.82, 2.24) is 10.3 Å². The molecule has 1 atom stereocenters. The fraction of sp³-hybridized carbons (Fsp3) is 0.333. The van der Waals surface area contributed by atoms with Gasteiger partial charge in [0.2, 0.25) is 5.91 Å². The highest BCUT2D eigenvalue weighted by molar-refractivity contribution is 9.10. The lowest BCUT2D eigenvalue weighted by atomic mass is 10.3. The van der Waals surface area contributed by atoms with Crippen LogP contribution in [0.25, 0.3) is 0 Å². The summed E-state index contributed by atoms with van der Waals surface area (Å²) < 4.78 is 0.989. The van der Waals surface area contributed by atoms with Gasteiger partial charge in [-0.25, -0.2) is 4.98 Å². The maximum atomic E-state index is 11.9. The maximum absolute atomic E-state index is 11.9. The Kier molecular flexibility index (Phi) is 5.90. The number of hydrogen-bond donors (Lipinski definition) is 2. The Balaban J connectivity index is 1.81. The molecule has 0 fully saturated rings. The van der Waals surface area contributed by atoms with E-state index in [2.05, 4.69) is 38.5 Å². The maximum Gasteiger partial charge on any atom is 0.238 e. The molecule has 6 heteroatoms. The van der Waals surface area contributed by atoms with Crippen LogP contribution in [0, 0.1) is 0 Å². The second-order valence-corrected chi connectivity index (χ2v) is 6.74. The van der Waals surface area contributed by atoms with E-state index < -0.39 is 0 Å². The summed E-state index contributed by atoms with van der Waals surface area (Å²) >= 11 is 5.05. The van der Waals surface area contributed by atoms with E-state index in [9.17, 15) is 4.79 Å². The lowest BCUT2D eigenvalue weighted by molar-refractivity contribution is -0.115. The van der Waals surface area contributed by atoms with Crippen molar-refractivity contribution in [2.45, 2.75) is 26.3 Å². The standard InChI is InChI=1S/C15H18BrN3OS/c1-3-13-8-18-15(21-13)10(2)17-9-14(20)19-12-6-4-11(16)5-7-12/h4-8,10,17H,3,9H2,1-2H3,(H,19,20). The minimum atomic E-state index is -0.0588. The third kappa shape index (κ3) is 4.91. The van der Waals surface area contributed by atoms with E-state index in [1.54, 1.807) is 11.3 Å². The molecule has 112 valence electrons. The molecule has 2 aromatic rings. The zero-order valence-corrected chi connectivity index (χ0v) is 14.4. The molecule has 1 heterocycles. The average molecular weight is 368 g/mol. The van der Waals surface area contributed by atoms with Crippen LogP contribution < -0.4 is 10.6 Å². The van der Waals surface area contributed by atoms with Crippen molar-refractivity contribution in [1.29, 1.82) is 0 Å². The Morgan fingerprint density at radius 3 is 2.71 bits per heavy atom. The monoisotopic (exact) mass is 367 g/mol. The average Bonchev–Trinajstić information content (AvgIpc) is 2.96. The van der Waals surface area contributed by atoms with Gasteiger partial charge in [0.1, 0.15) is 5.01 Å². The number of hydrogen-bond acceptors (Lipinski definition) is 4. The predicted octanol–water partition coefficient (Wildman–Crippen LogP) is 3.76. The fourth-order valence-corrected chi connectivity index (χ4v) is 2.91. The highest BCUT2D eigenvalue weighted by Gasteiger charge is 2.11. The van der Waals surface area contributed by atoms with Crippen molar-refractivity contribution in [3.05, 3.63) is 44.8 Å². The van der Waals surface area contributed by atoms with E-state index >= 15 is 0 Å². The lowest BCUT2D eigenvalue weighted by Crippen LogP contribution is -2.30. The largest absolute Gasteiger partial charge is 0.325 e. The van der Waals surface area contributed by atoms with Gasteiger partial charge < -0.3 is 5.32 Å². The Bertz CT molecular complexity index is 597. The molecular formula is C15H18BrN3OS. The number of aromatic nitrogens is 1. The van der Waals surface area contributed by atoms with Crippen LogP contribution >= 0.6 is 27.3 Å². The van der Waals surface area contributed by atoms with Crippen molar-refractivity contribution >= 4 is 38.9 Å². The van der Waals surface area contributed by atoms with Gasteiger partial charge in [-0.3, -0.25) is 10.1 Å². The molecule has 0 radical (unpaired) electrons. The van der Waals surface area contributed by atoms with Gasteiger partial charge in [-0.05, 0) is 37.6 Å². The molecule has 2 N–H and O–H groups in total. The molecule has 1 aromatic carbocycles. The molecule has 0 saturated carbocycles. The van der Waals surface area contributed by atoms with Crippen LogP contribution in [0.2, 0.25) is 0 Å². The first kappa shape index (κ1) is 16.1. The van der Waals surface area contributed by atoms with E-state index in [1.165, 1.54) is 4.88 Å². The smallest absolute Gasteiger partial charge is 0.238 e. The highest BCUT2D eigenvalue weighted by atomic mass is 79.9. The normalized spacial score (nSPS) is 12.1. The molecule has 21 heavy (non-hydrogen) atoms. The molecular weight excluding hydrogens is 350 g/mol. The SMILES string of the molecule is CCc1cnc(C(C)NCC(=O)Nc2ccc(Br)cc2)s1. The Morgan fingerprint density at radius 2 is 2.10 bits per heavy atom. The van der Waals surface area contributed by atoms with Crippen molar-refractivity contribution in [3.8, 4) is 0 Å².